The minimum absolute atomic E-state index is 0.0438. The summed E-state index contributed by atoms with van der Waals surface area (Å²) in [6, 6.07) is 0. The molecule has 1 N–H and O–H groups in total. The van der Waals surface area contributed by atoms with Crippen molar-refractivity contribution in [1.82, 2.24) is 0 Å². The lowest BCUT2D eigenvalue weighted by Gasteiger charge is -2.19. The lowest BCUT2D eigenvalue weighted by molar-refractivity contribution is -0.154. The van der Waals surface area contributed by atoms with E-state index in [1.54, 1.807) is 0 Å². The zero-order valence-corrected chi connectivity index (χ0v) is 9.60. The third kappa shape index (κ3) is 5.81. The Hall–Kier alpha value is -1.41. The van der Waals surface area contributed by atoms with Crippen LogP contribution in [0.15, 0.2) is 0 Å². The van der Waals surface area contributed by atoms with Gasteiger partial charge >= 0.3 is 9.05 Å². The van der Waals surface area contributed by atoms with Gasteiger partial charge in [-0.05, 0) is 0 Å². The molecule has 0 saturated heterocycles. The quantitative estimate of drug-likeness (QED) is 0.656. The Morgan fingerprint density at radius 3 is 1.73 bits per heavy atom. The Morgan fingerprint density at radius 2 is 1.47 bits per heavy atom. The van der Waals surface area contributed by atoms with Crippen LogP contribution < -0.4 is 0 Å². The third-order valence-corrected chi connectivity index (χ3v) is 2.65. The van der Waals surface area contributed by atoms with Gasteiger partial charge in [-0.25, -0.2) is 0 Å². The van der Waals surface area contributed by atoms with Crippen molar-refractivity contribution < 1.29 is 32.5 Å². The zero-order chi connectivity index (χ0) is 12.1. The van der Waals surface area contributed by atoms with Crippen LogP contribution in [0.3, 0.4) is 0 Å². The minimum atomic E-state index is -4.51. The smallest absolute Gasteiger partial charge is 0.433 e. The van der Waals surface area contributed by atoms with Gasteiger partial charge in [-0.15, -0.1) is 0 Å². The van der Waals surface area contributed by atoms with Crippen LogP contribution in [0, 0.1) is 0 Å². The SMILES string of the molecule is CCC(=O)O[Si](O)(OC(C)=O)OC(C)=O. The molecule has 0 atom stereocenters. The Bertz CT molecular complexity index is 259. The molecule has 0 aliphatic rings. The molecule has 0 aromatic heterocycles. The standard InChI is InChI=1S/C7H12O7Si/c1-4-7(10)14-15(11,12-5(2)8)13-6(3)9/h11H,4H2,1-3H3. The average molecular weight is 236 g/mol. The Morgan fingerprint density at radius 1 is 1.07 bits per heavy atom. The highest BCUT2D eigenvalue weighted by Gasteiger charge is 2.53. The van der Waals surface area contributed by atoms with Crippen LogP contribution in [0.4, 0.5) is 0 Å². The molecule has 0 fully saturated rings. The van der Waals surface area contributed by atoms with Gasteiger partial charge < -0.3 is 18.1 Å². The summed E-state index contributed by atoms with van der Waals surface area (Å²) in [7, 11) is -4.51. The maximum atomic E-state index is 10.9. The molecule has 0 spiro atoms. The summed E-state index contributed by atoms with van der Waals surface area (Å²) in [5.41, 5.74) is 0. The summed E-state index contributed by atoms with van der Waals surface area (Å²) in [6.45, 7) is 3.45. The molecule has 0 heterocycles. The highest BCUT2D eigenvalue weighted by molar-refractivity contribution is 6.57. The molecule has 0 radical (unpaired) electrons. The van der Waals surface area contributed by atoms with E-state index in [0.29, 0.717) is 0 Å². The first-order valence-corrected chi connectivity index (χ1v) is 5.79. The molecule has 0 aliphatic heterocycles. The Balaban J connectivity index is 4.60. The largest absolute Gasteiger partial charge is 0.896 e. The molecule has 7 nitrogen and oxygen atoms in total. The summed E-state index contributed by atoms with van der Waals surface area (Å²) in [6.07, 6.45) is -0.0438. The van der Waals surface area contributed by atoms with Gasteiger partial charge in [0, 0.05) is 20.3 Å². The third-order valence-electron chi connectivity index (χ3n) is 1.08. The second-order valence-electron chi connectivity index (χ2n) is 2.54. The molecule has 0 unspecified atom stereocenters. The van der Waals surface area contributed by atoms with Gasteiger partial charge in [-0.2, -0.15) is 0 Å². The number of carbonyl (C=O) groups is 3. The fourth-order valence-electron chi connectivity index (χ4n) is 0.642. The number of rotatable bonds is 4. The van der Waals surface area contributed by atoms with E-state index in [2.05, 4.69) is 13.3 Å². The van der Waals surface area contributed by atoms with Crippen LogP contribution in [0.5, 0.6) is 0 Å². The monoisotopic (exact) mass is 236 g/mol. The Kier molecular flexibility index (Phi) is 4.95. The van der Waals surface area contributed by atoms with Crippen molar-refractivity contribution in [2.45, 2.75) is 27.2 Å². The van der Waals surface area contributed by atoms with Gasteiger partial charge in [0.25, 0.3) is 17.9 Å². The van der Waals surface area contributed by atoms with E-state index in [1.807, 2.05) is 0 Å². The molecule has 0 bridgehead atoms. The molecule has 0 aliphatic carbocycles. The second-order valence-corrected chi connectivity index (χ2v) is 4.20. The van der Waals surface area contributed by atoms with Crippen LogP contribution in [0.25, 0.3) is 0 Å². The van der Waals surface area contributed by atoms with E-state index in [-0.39, 0.29) is 6.42 Å². The van der Waals surface area contributed by atoms with Crippen molar-refractivity contribution in [3.8, 4) is 0 Å². The topological polar surface area (TPSA) is 99.1 Å². The fraction of sp³-hybridized carbons (Fsp3) is 0.571. The summed E-state index contributed by atoms with van der Waals surface area (Å²) >= 11 is 0. The van der Waals surface area contributed by atoms with Crippen molar-refractivity contribution in [1.29, 1.82) is 0 Å². The lowest BCUT2D eigenvalue weighted by atomic mass is 10.5. The summed E-state index contributed by atoms with van der Waals surface area (Å²) < 4.78 is 13.0. The van der Waals surface area contributed by atoms with Crippen LogP contribution >= 0.6 is 0 Å². The van der Waals surface area contributed by atoms with Crippen LogP contribution in [-0.4, -0.2) is 31.8 Å². The highest BCUT2D eigenvalue weighted by Crippen LogP contribution is 2.08. The zero-order valence-electron chi connectivity index (χ0n) is 8.60. The van der Waals surface area contributed by atoms with E-state index in [9.17, 15) is 19.2 Å². The number of hydrogen-bond acceptors (Lipinski definition) is 7. The molecule has 15 heavy (non-hydrogen) atoms. The van der Waals surface area contributed by atoms with Crippen LogP contribution in [0.2, 0.25) is 0 Å². The number of hydrogen-bond donors (Lipinski definition) is 1. The van der Waals surface area contributed by atoms with Crippen LogP contribution in [0.1, 0.15) is 27.2 Å². The maximum absolute atomic E-state index is 10.9. The highest BCUT2D eigenvalue weighted by atomic mass is 28.4. The first-order valence-electron chi connectivity index (χ1n) is 4.12. The van der Waals surface area contributed by atoms with E-state index in [4.69, 9.17) is 0 Å². The molecule has 0 aromatic carbocycles. The summed E-state index contributed by atoms with van der Waals surface area (Å²) in [5.74, 6) is -2.64. The number of carbonyl (C=O) groups excluding carboxylic acids is 3. The molecule has 0 amide bonds. The van der Waals surface area contributed by atoms with Crippen molar-refractivity contribution in [2.75, 3.05) is 0 Å². The second kappa shape index (κ2) is 5.46. The van der Waals surface area contributed by atoms with Gasteiger partial charge in [0.05, 0.1) is 0 Å². The lowest BCUT2D eigenvalue weighted by Crippen LogP contribution is -2.49. The first kappa shape index (κ1) is 13.6. The Labute approximate surface area is 87.4 Å². The predicted molar refractivity (Wildman–Crippen MR) is 47.9 cm³/mol. The van der Waals surface area contributed by atoms with Crippen molar-refractivity contribution in [3.63, 3.8) is 0 Å². The molecular formula is C7H12O7Si. The first-order chi connectivity index (χ1) is 6.79. The predicted octanol–water partition coefficient (Wildman–Crippen LogP) is -0.506. The molecule has 0 saturated carbocycles. The van der Waals surface area contributed by atoms with Gasteiger partial charge in [0.1, 0.15) is 0 Å². The van der Waals surface area contributed by atoms with Crippen molar-refractivity contribution in [2.24, 2.45) is 0 Å². The van der Waals surface area contributed by atoms with Gasteiger partial charge in [0.15, 0.2) is 0 Å². The molecule has 0 rings (SSSR count). The van der Waals surface area contributed by atoms with Gasteiger partial charge in [-0.3, -0.25) is 14.4 Å². The van der Waals surface area contributed by atoms with Gasteiger partial charge in [0.2, 0.25) is 0 Å². The van der Waals surface area contributed by atoms with E-state index >= 15 is 0 Å². The fourth-order valence-corrected chi connectivity index (χ4v) is 1.93. The maximum Gasteiger partial charge on any atom is 0.896 e. The van der Waals surface area contributed by atoms with Crippen molar-refractivity contribution in [3.05, 3.63) is 0 Å². The van der Waals surface area contributed by atoms with E-state index in [1.165, 1.54) is 6.92 Å². The summed E-state index contributed by atoms with van der Waals surface area (Å²) in [5, 5.41) is 0. The van der Waals surface area contributed by atoms with Gasteiger partial charge in [-0.1, -0.05) is 6.92 Å². The minimum Gasteiger partial charge on any atom is -0.433 e. The van der Waals surface area contributed by atoms with E-state index < -0.39 is 27.0 Å². The van der Waals surface area contributed by atoms with Crippen molar-refractivity contribution >= 4 is 27.0 Å². The normalized spacial score (nSPS) is 10.4. The summed E-state index contributed by atoms with van der Waals surface area (Å²) in [4.78, 5) is 41.5. The molecule has 8 heteroatoms. The van der Waals surface area contributed by atoms with E-state index in [0.717, 1.165) is 13.8 Å². The molecule has 0 aromatic rings. The molecule has 86 valence electrons. The van der Waals surface area contributed by atoms with Crippen LogP contribution in [-0.2, 0) is 27.7 Å². The average Bonchev–Trinajstić information content (AvgIpc) is 1.99. The molecular weight excluding hydrogens is 224 g/mol.